The number of carbonyl (C=O) groups excluding carboxylic acids is 3. The minimum atomic E-state index is -0.574. The van der Waals surface area contributed by atoms with Gasteiger partial charge in [0.05, 0.1) is 16.7 Å². The first kappa shape index (κ1) is 18.1. The monoisotopic (exact) mass is 371 g/mol. The van der Waals surface area contributed by atoms with Gasteiger partial charge in [0.15, 0.2) is 0 Å². The van der Waals surface area contributed by atoms with Crippen LogP contribution in [0, 0.1) is 0 Å². The Morgan fingerprint density at radius 1 is 1.12 bits per heavy atom. The molecule has 0 saturated carbocycles. The summed E-state index contributed by atoms with van der Waals surface area (Å²) in [6.45, 7) is 3.76. The van der Waals surface area contributed by atoms with E-state index in [1.54, 1.807) is 24.3 Å². The molecule has 26 heavy (non-hydrogen) atoms. The third-order valence-corrected chi connectivity index (χ3v) is 4.87. The molecule has 1 unspecified atom stereocenters. The molecule has 6 heteroatoms. The molecule has 1 aliphatic heterocycles. The zero-order valence-electron chi connectivity index (χ0n) is 14.5. The molecule has 0 N–H and O–H groups in total. The Hall–Kier alpha value is -2.66. The van der Waals surface area contributed by atoms with Crippen molar-refractivity contribution >= 4 is 29.4 Å². The van der Waals surface area contributed by atoms with Gasteiger partial charge in [-0.05, 0) is 37.6 Å². The number of ether oxygens (including phenoxy) is 1. The number of rotatable bonds is 5. The van der Waals surface area contributed by atoms with Crippen molar-refractivity contribution in [3.05, 3.63) is 69.7 Å². The van der Waals surface area contributed by atoms with E-state index in [0.717, 1.165) is 0 Å². The Bertz CT molecular complexity index is 893. The molecule has 2 aromatic rings. The summed E-state index contributed by atoms with van der Waals surface area (Å²) in [5.41, 5.74) is 1.47. The molecule has 0 aromatic heterocycles. The normalized spacial score (nSPS) is 14.3. The summed E-state index contributed by atoms with van der Waals surface area (Å²) < 4.78 is 5.28. The van der Waals surface area contributed by atoms with Crippen molar-refractivity contribution in [3.63, 3.8) is 0 Å². The minimum Gasteiger partial charge on any atom is -0.457 e. The van der Waals surface area contributed by atoms with Crippen LogP contribution < -0.4 is 0 Å². The van der Waals surface area contributed by atoms with Crippen LogP contribution in [0.2, 0.25) is 5.02 Å². The number of benzene rings is 2. The second kappa shape index (κ2) is 7.30. The number of fused-ring (bicyclic) bond motifs is 1. The van der Waals surface area contributed by atoms with E-state index >= 15 is 0 Å². The van der Waals surface area contributed by atoms with Crippen LogP contribution in [0.4, 0.5) is 0 Å². The fourth-order valence-electron chi connectivity index (χ4n) is 2.81. The van der Waals surface area contributed by atoms with Crippen LogP contribution in [-0.2, 0) is 11.3 Å². The summed E-state index contributed by atoms with van der Waals surface area (Å²) >= 11 is 6.05. The Morgan fingerprint density at radius 2 is 1.81 bits per heavy atom. The SMILES string of the molecule is CCC(C)N1C(=O)c2ccc(C(=O)OCc3ccccc3Cl)cc2C1=O. The minimum absolute atomic E-state index is 0.0292. The highest BCUT2D eigenvalue weighted by atomic mass is 35.5. The quantitative estimate of drug-likeness (QED) is 0.586. The van der Waals surface area contributed by atoms with Gasteiger partial charge in [0.2, 0.25) is 0 Å². The average molecular weight is 372 g/mol. The van der Waals surface area contributed by atoms with Crippen molar-refractivity contribution in [3.8, 4) is 0 Å². The Morgan fingerprint density at radius 3 is 2.50 bits per heavy atom. The smallest absolute Gasteiger partial charge is 0.338 e. The standard InChI is InChI=1S/C20H18ClNO4/c1-3-12(2)22-18(23)15-9-8-13(10-16(15)19(22)24)20(25)26-11-14-6-4-5-7-17(14)21/h4-10,12H,3,11H2,1-2H3. The summed E-state index contributed by atoms with van der Waals surface area (Å²) in [5.74, 6) is -1.27. The van der Waals surface area contributed by atoms with Gasteiger partial charge in [-0.25, -0.2) is 4.79 Å². The molecule has 0 aliphatic carbocycles. The van der Waals surface area contributed by atoms with Crippen LogP contribution >= 0.6 is 11.6 Å². The molecule has 0 spiro atoms. The van der Waals surface area contributed by atoms with Gasteiger partial charge in [0.25, 0.3) is 11.8 Å². The maximum atomic E-state index is 12.5. The van der Waals surface area contributed by atoms with Gasteiger partial charge in [0.1, 0.15) is 6.61 Å². The molecule has 3 rings (SSSR count). The number of hydrogen-bond donors (Lipinski definition) is 0. The molecule has 0 fully saturated rings. The van der Waals surface area contributed by atoms with Gasteiger partial charge in [-0.1, -0.05) is 36.7 Å². The topological polar surface area (TPSA) is 63.7 Å². The lowest BCUT2D eigenvalue weighted by Gasteiger charge is -2.20. The molecule has 1 atom stereocenters. The second-order valence-corrected chi connectivity index (χ2v) is 6.57. The molecule has 5 nitrogen and oxygen atoms in total. The molecule has 2 amide bonds. The molecule has 134 valence electrons. The van der Waals surface area contributed by atoms with Crippen LogP contribution in [0.15, 0.2) is 42.5 Å². The highest BCUT2D eigenvalue weighted by Gasteiger charge is 2.38. The lowest BCUT2D eigenvalue weighted by atomic mass is 10.1. The largest absolute Gasteiger partial charge is 0.457 e. The van der Waals surface area contributed by atoms with Crippen LogP contribution in [0.5, 0.6) is 0 Å². The van der Waals surface area contributed by atoms with Crippen LogP contribution in [0.3, 0.4) is 0 Å². The Balaban J connectivity index is 1.79. The van der Waals surface area contributed by atoms with E-state index in [0.29, 0.717) is 22.6 Å². The van der Waals surface area contributed by atoms with E-state index in [1.807, 2.05) is 13.8 Å². The molecular weight excluding hydrogens is 354 g/mol. The molecule has 0 radical (unpaired) electrons. The fourth-order valence-corrected chi connectivity index (χ4v) is 3.00. The van der Waals surface area contributed by atoms with Gasteiger partial charge in [-0.15, -0.1) is 0 Å². The predicted octanol–water partition coefficient (Wildman–Crippen LogP) is 4.09. The summed E-state index contributed by atoms with van der Waals surface area (Å²) in [4.78, 5) is 38.5. The molecule has 0 bridgehead atoms. The first-order chi connectivity index (χ1) is 12.4. The van der Waals surface area contributed by atoms with E-state index in [-0.39, 0.29) is 35.6 Å². The molecule has 0 saturated heterocycles. The van der Waals surface area contributed by atoms with Gasteiger partial charge >= 0.3 is 5.97 Å². The van der Waals surface area contributed by atoms with Crippen molar-refractivity contribution in [1.29, 1.82) is 0 Å². The number of amides is 2. The average Bonchev–Trinajstić information content (AvgIpc) is 2.90. The summed E-state index contributed by atoms with van der Waals surface area (Å²) in [7, 11) is 0. The molecule has 1 aliphatic rings. The number of nitrogens with zero attached hydrogens (tertiary/aromatic N) is 1. The third-order valence-electron chi connectivity index (χ3n) is 4.50. The zero-order valence-corrected chi connectivity index (χ0v) is 15.2. The molecular formula is C20H18ClNO4. The lowest BCUT2D eigenvalue weighted by Crippen LogP contribution is -2.37. The Kier molecular flexibility index (Phi) is 5.09. The first-order valence-corrected chi connectivity index (χ1v) is 8.74. The summed E-state index contributed by atoms with van der Waals surface area (Å²) in [5, 5.41) is 0.513. The highest BCUT2D eigenvalue weighted by Crippen LogP contribution is 2.27. The van der Waals surface area contributed by atoms with Crippen molar-refractivity contribution < 1.29 is 19.1 Å². The predicted molar refractivity (Wildman–Crippen MR) is 97.3 cm³/mol. The van der Waals surface area contributed by atoms with Crippen LogP contribution in [-0.4, -0.2) is 28.7 Å². The highest BCUT2D eigenvalue weighted by molar-refractivity contribution is 6.31. The second-order valence-electron chi connectivity index (χ2n) is 6.17. The van der Waals surface area contributed by atoms with Crippen LogP contribution in [0.25, 0.3) is 0 Å². The zero-order chi connectivity index (χ0) is 18.8. The summed E-state index contributed by atoms with van der Waals surface area (Å²) in [6, 6.07) is 11.3. The number of hydrogen-bond acceptors (Lipinski definition) is 4. The maximum absolute atomic E-state index is 12.5. The van der Waals surface area contributed by atoms with Crippen molar-refractivity contribution in [1.82, 2.24) is 4.90 Å². The lowest BCUT2D eigenvalue weighted by molar-refractivity contribution is 0.0472. The van der Waals surface area contributed by atoms with E-state index < -0.39 is 5.97 Å². The van der Waals surface area contributed by atoms with Gasteiger partial charge in [0, 0.05) is 16.6 Å². The summed E-state index contributed by atoms with van der Waals surface area (Å²) in [6.07, 6.45) is 0.665. The number of imide groups is 1. The number of carbonyl (C=O) groups is 3. The maximum Gasteiger partial charge on any atom is 0.338 e. The van der Waals surface area contributed by atoms with Gasteiger partial charge in [-0.3, -0.25) is 14.5 Å². The Labute approximate surface area is 156 Å². The third kappa shape index (κ3) is 3.22. The number of esters is 1. The van der Waals surface area contributed by atoms with Gasteiger partial charge < -0.3 is 4.74 Å². The van der Waals surface area contributed by atoms with Gasteiger partial charge in [-0.2, -0.15) is 0 Å². The fraction of sp³-hybridized carbons (Fsp3) is 0.250. The molecule has 1 heterocycles. The first-order valence-electron chi connectivity index (χ1n) is 8.36. The van der Waals surface area contributed by atoms with Crippen molar-refractivity contribution in [2.45, 2.75) is 32.9 Å². The molecule has 2 aromatic carbocycles. The van der Waals surface area contributed by atoms with E-state index in [9.17, 15) is 14.4 Å². The van der Waals surface area contributed by atoms with Crippen molar-refractivity contribution in [2.75, 3.05) is 0 Å². The van der Waals surface area contributed by atoms with E-state index in [4.69, 9.17) is 16.3 Å². The van der Waals surface area contributed by atoms with E-state index in [2.05, 4.69) is 0 Å². The van der Waals surface area contributed by atoms with Crippen LogP contribution in [0.1, 0.15) is 56.9 Å². The van der Waals surface area contributed by atoms with E-state index in [1.165, 1.54) is 23.1 Å². The van der Waals surface area contributed by atoms with Crippen molar-refractivity contribution in [2.24, 2.45) is 0 Å². The number of halogens is 1.